The predicted octanol–water partition coefficient (Wildman–Crippen LogP) is 4.46. The van der Waals surface area contributed by atoms with Crippen molar-refractivity contribution in [2.24, 2.45) is 5.73 Å². The largest absolute Gasteiger partial charge is 0.450 e. The summed E-state index contributed by atoms with van der Waals surface area (Å²) in [6.45, 7) is 2.30. The second-order valence-corrected chi connectivity index (χ2v) is 5.20. The maximum atomic E-state index is 11.1. The van der Waals surface area contributed by atoms with Gasteiger partial charge < -0.3 is 10.5 Å². The number of hydrogen-bond acceptors (Lipinski definition) is 4. The summed E-state index contributed by atoms with van der Waals surface area (Å²) in [4.78, 5) is 10.5. The highest BCUT2D eigenvalue weighted by Crippen LogP contribution is 2.38. The van der Waals surface area contributed by atoms with Gasteiger partial charge in [0, 0.05) is 18.7 Å². The molecule has 0 spiro atoms. The van der Waals surface area contributed by atoms with E-state index in [0.717, 1.165) is 11.1 Å². The van der Waals surface area contributed by atoms with E-state index in [1.807, 2.05) is 13.0 Å². The third-order valence-corrected chi connectivity index (χ3v) is 3.68. The average Bonchev–Trinajstić information content (AvgIpc) is 2.42. The van der Waals surface area contributed by atoms with Gasteiger partial charge in [-0.3, -0.25) is 10.1 Å². The maximum Gasteiger partial charge on any atom is 0.313 e. The normalized spacial score (nSPS) is 10.5. The molecule has 2 rings (SSSR count). The van der Waals surface area contributed by atoms with Crippen LogP contribution in [0.3, 0.4) is 0 Å². The van der Waals surface area contributed by atoms with Crippen molar-refractivity contribution in [3.63, 3.8) is 0 Å². The number of nitro benzene ring substituents is 1. The first-order valence-electron chi connectivity index (χ1n) is 6.03. The molecule has 7 heteroatoms. The molecular weight excluding hydrogens is 315 g/mol. The Morgan fingerprint density at radius 1 is 1.24 bits per heavy atom. The number of hydrogen-bond donors (Lipinski definition) is 1. The highest BCUT2D eigenvalue weighted by Gasteiger charge is 2.19. The highest BCUT2D eigenvalue weighted by molar-refractivity contribution is 6.42. The van der Waals surface area contributed by atoms with Gasteiger partial charge in [0.05, 0.1) is 15.0 Å². The SMILES string of the molecule is Cc1cc(Oc2cc(Cl)c(Cl)cc2[N+](=O)[O-])ccc1CN. The van der Waals surface area contributed by atoms with Crippen LogP contribution in [0.25, 0.3) is 0 Å². The number of nitrogens with two attached hydrogens (primary N) is 1. The van der Waals surface area contributed by atoms with Gasteiger partial charge in [0.15, 0.2) is 0 Å². The lowest BCUT2D eigenvalue weighted by Crippen LogP contribution is -1.99. The second-order valence-electron chi connectivity index (χ2n) is 4.39. The van der Waals surface area contributed by atoms with Gasteiger partial charge in [-0.25, -0.2) is 0 Å². The molecule has 2 aromatic rings. The lowest BCUT2D eigenvalue weighted by Gasteiger charge is -2.10. The zero-order chi connectivity index (χ0) is 15.6. The van der Waals surface area contributed by atoms with Crippen LogP contribution in [0.1, 0.15) is 11.1 Å². The molecular formula is C14H12Cl2N2O3. The van der Waals surface area contributed by atoms with Crippen LogP contribution in [-0.4, -0.2) is 4.92 Å². The molecule has 0 heterocycles. The van der Waals surface area contributed by atoms with Crippen LogP contribution in [0.15, 0.2) is 30.3 Å². The lowest BCUT2D eigenvalue weighted by atomic mass is 10.1. The smallest absolute Gasteiger partial charge is 0.313 e. The summed E-state index contributed by atoms with van der Waals surface area (Å²) in [6.07, 6.45) is 0. The van der Waals surface area contributed by atoms with E-state index in [9.17, 15) is 10.1 Å². The minimum atomic E-state index is -0.571. The molecule has 110 valence electrons. The predicted molar refractivity (Wildman–Crippen MR) is 82.3 cm³/mol. The minimum Gasteiger partial charge on any atom is -0.450 e. The minimum absolute atomic E-state index is 0.0364. The lowest BCUT2D eigenvalue weighted by molar-refractivity contribution is -0.385. The Balaban J connectivity index is 2.41. The van der Waals surface area contributed by atoms with Gasteiger partial charge in [-0.1, -0.05) is 29.3 Å². The van der Waals surface area contributed by atoms with Crippen molar-refractivity contribution < 1.29 is 9.66 Å². The first kappa shape index (κ1) is 15.6. The Kier molecular flexibility index (Phi) is 4.67. The van der Waals surface area contributed by atoms with Crippen molar-refractivity contribution in [2.75, 3.05) is 0 Å². The average molecular weight is 327 g/mol. The summed E-state index contributed by atoms with van der Waals surface area (Å²) in [7, 11) is 0. The van der Waals surface area contributed by atoms with Crippen molar-refractivity contribution in [1.82, 2.24) is 0 Å². The van der Waals surface area contributed by atoms with Gasteiger partial charge in [-0.05, 0) is 30.2 Å². The Labute approximate surface area is 131 Å². The van der Waals surface area contributed by atoms with E-state index in [0.29, 0.717) is 12.3 Å². The molecule has 0 aliphatic rings. The fourth-order valence-corrected chi connectivity index (χ4v) is 2.14. The van der Waals surface area contributed by atoms with E-state index < -0.39 is 4.92 Å². The molecule has 2 N–H and O–H groups in total. The first-order chi connectivity index (χ1) is 9.92. The number of rotatable bonds is 4. The van der Waals surface area contributed by atoms with Gasteiger partial charge in [-0.2, -0.15) is 0 Å². The number of nitro groups is 1. The maximum absolute atomic E-state index is 11.1. The Hall–Kier alpha value is -1.82. The summed E-state index contributed by atoms with van der Waals surface area (Å²) < 4.78 is 5.56. The van der Waals surface area contributed by atoms with Crippen LogP contribution < -0.4 is 10.5 Å². The first-order valence-corrected chi connectivity index (χ1v) is 6.79. The van der Waals surface area contributed by atoms with E-state index in [1.165, 1.54) is 12.1 Å². The summed E-state index contributed by atoms with van der Waals surface area (Å²) >= 11 is 11.7. The summed E-state index contributed by atoms with van der Waals surface area (Å²) in [5, 5.41) is 11.3. The van der Waals surface area contributed by atoms with Crippen LogP contribution in [0, 0.1) is 17.0 Å². The van der Waals surface area contributed by atoms with Gasteiger partial charge in [0.25, 0.3) is 0 Å². The molecule has 2 aromatic carbocycles. The van der Waals surface area contributed by atoms with Crippen LogP contribution in [-0.2, 0) is 6.54 Å². The number of ether oxygens (including phenoxy) is 1. The number of nitrogens with zero attached hydrogens (tertiary/aromatic N) is 1. The van der Waals surface area contributed by atoms with Gasteiger partial charge in [0.2, 0.25) is 5.75 Å². The molecule has 0 aliphatic heterocycles. The third kappa shape index (κ3) is 3.44. The van der Waals surface area contributed by atoms with Crippen molar-refractivity contribution >= 4 is 28.9 Å². The number of benzene rings is 2. The quantitative estimate of drug-likeness (QED) is 0.664. The highest BCUT2D eigenvalue weighted by atomic mass is 35.5. The zero-order valence-corrected chi connectivity index (χ0v) is 12.6. The molecule has 0 bridgehead atoms. The molecule has 0 atom stereocenters. The monoisotopic (exact) mass is 326 g/mol. The molecule has 0 unspecified atom stereocenters. The molecule has 0 radical (unpaired) electrons. The van der Waals surface area contributed by atoms with Crippen molar-refractivity contribution in [3.8, 4) is 11.5 Å². The molecule has 21 heavy (non-hydrogen) atoms. The topological polar surface area (TPSA) is 78.4 Å². The van der Waals surface area contributed by atoms with Crippen molar-refractivity contribution in [3.05, 3.63) is 61.6 Å². The molecule has 0 aromatic heterocycles. The summed E-state index contributed by atoms with van der Waals surface area (Å²) in [6, 6.07) is 7.76. The molecule has 0 aliphatic carbocycles. The van der Waals surface area contributed by atoms with E-state index in [1.54, 1.807) is 12.1 Å². The van der Waals surface area contributed by atoms with E-state index >= 15 is 0 Å². The van der Waals surface area contributed by atoms with E-state index in [-0.39, 0.29) is 21.5 Å². The Morgan fingerprint density at radius 3 is 2.48 bits per heavy atom. The van der Waals surface area contributed by atoms with Crippen molar-refractivity contribution in [2.45, 2.75) is 13.5 Å². The molecule has 0 fully saturated rings. The number of halogens is 2. The molecule has 0 saturated heterocycles. The zero-order valence-electron chi connectivity index (χ0n) is 11.1. The van der Waals surface area contributed by atoms with Crippen molar-refractivity contribution in [1.29, 1.82) is 0 Å². The molecule has 0 amide bonds. The molecule has 0 saturated carbocycles. The van der Waals surface area contributed by atoms with E-state index in [4.69, 9.17) is 33.7 Å². The van der Waals surface area contributed by atoms with Crippen LogP contribution in [0.5, 0.6) is 11.5 Å². The Morgan fingerprint density at radius 2 is 1.90 bits per heavy atom. The number of aryl methyl sites for hydroxylation is 1. The second kappa shape index (κ2) is 6.30. The third-order valence-electron chi connectivity index (χ3n) is 2.96. The van der Waals surface area contributed by atoms with E-state index in [2.05, 4.69) is 0 Å². The fraction of sp³-hybridized carbons (Fsp3) is 0.143. The van der Waals surface area contributed by atoms with Crippen LogP contribution in [0.4, 0.5) is 5.69 Å². The van der Waals surface area contributed by atoms with Crippen LogP contribution in [0.2, 0.25) is 10.0 Å². The molecule has 5 nitrogen and oxygen atoms in total. The van der Waals surface area contributed by atoms with Gasteiger partial charge in [-0.15, -0.1) is 0 Å². The standard InChI is InChI=1S/C14H12Cl2N2O3/c1-8-4-10(3-2-9(8)7-17)21-14-6-12(16)11(15)5-13(14)18(19)20/h2-6H,7,17H2,1H3. The van der Waals surface area contributed by atoms with Crippen LogP contribution >= 0.6 is 23.2 Å². The fourth-order valence-electron chi connectivity index (χ4n) is 1.83. The van der Waals surface area contributed by atoms with Gasteiger partial charge in [0.1, 0.15) is 5.75 Å². The Bertz CT molecular complexity index is 705. The van der Waals surface area contributed by atoms with Gasteiger partial charge >= 0.3 is 5.69 Å². The summed E-state index contributed by atoms with van der Waals surface area (Å²) in [5.74, 6) is 0.500. The summed E-state index contributed by atoms with van der Waals surface area (Å²) in [5.41, 5.74) is 7.27.